The third-order valence-corrected chi connectivity index (χ3v) is 3.28. The number of ether oxygens (including phenoxy) is 2. The quantitative estimate of drug-likeness (QED) is 0.790. The van der Waals surface area contributed by atoms with E-state index in [4.69, 9.17) is 9.47 Å². The molecule has 1 heterocycles. The summed E-state index contributed by atoms with van der Waals surface area (Å²) in [6.45, 7) is 1.09. The van der Waals surface area contributed by atoms with Gasteiger partial charge in [-0.2, -0.15) is 0 Å². The van der Waals surface area contributed by atoms with E-state index in [1.165, 1.54) is 0 Å². The summed E-state index contributed by atoms with van der Waals surface area (Å²) in [5.41, 5.74) is 0.453. The molecule has 0 saturated heterocycles. The van der Waals surface area contributed by atoms with Crippen molar-refractivity contribution in [1.82, 2.24) is 0 Å². The molecule has 1 fully saturated rings. The molecule has 0 aromatic heterocycles. The summed E-state index contributed by atoms with van der Waals surface area (Å²) in [4.78, 5) is 11.0. The van der Waals surface area contributed by atoms with E-state index in [2.05, 4.69) is 0 Å². The molecule has 1 aromatic carbocycles. The Balaban J connectivity index is 2.15. The number of hydrogen-bond donors (Lipinski definition) is 1. The van der Waals surface area contributed by atoms with Crippen LogP contribution in [-0.4, -0.2) is 24.6 Å². The van der Waals surface area contributed by atoms with Crippen LogP contribution in [0.2, 0.25) is 0 Å². The number of carbonyl (C=O) groups excluding carboxylic acids is 1. The Morgan fingerprint density at radius 3 is 2.53 bits per heavy atom. The number of hydrogen-bond acceptors (Lipinski definition) is 4. The predicted octanol–water partition coefficient (Wildman–Crippen LogP) is 1.64. The average molecular weight is 234 g/mol. The van der Waals surface area contributed by atoms with Crippen LogP contribution in [0.5, 0.6) is 11.5 Å². The van der Waals surface area contributed by atoms with Gasteiger partial charge in [-0.25, -0.2) is 0 Å². The van der Waals surface area contributed by atoms with Crippen molar-refractivity contribution in [2.45, 2.75) is 24.9 Å². The van der Waals surface area contributed by atoms with Gasteiger partial charge in [-0.3, -0.25) is 4.79 Å². The zero-order valence-electron chi connectivity index (χ0n) is 9.44. The molecule has 0 spiro atoms. The van der Waals surface area contributed by atoms with Crippen LogP contribution in [0, 0.1) is 0 Å². The van der Waals surface area contributed by atoms with Gasteiger partial charge in [0.15, 0.2) is 17.8 Å². The van der Waals surface area contributed by atoms with Crippen LogP contribution < -0.4 is 9.47 Å². The molecule has 1 saturated carbocycles. The Bertz CT molecular complexity index is 463. The van der Waals surface area contributed by atoms with E-state index in [0.717, 1.165) is 31.1 Å². The number of benzene rings is 1. The van der Waals surface area contributed by atoms with E-state index in [-0.39, 0.29) is 0 Å². The SMILES string of the molecule is O=Cc1ccc(C2(O)CC2)c2c1OCCCO2. The standard InChI is InChI=1S/C13H14O4/c14-8-9-2-3-10(13(15)4-5-13)12-11(9)16-6-1-7-17-12/h2-3,8,15H,1,4-7H2. The molecule has 4 heteroatoms. The highest BCUT2D eigenvalue weighted by Crippen LogP contribution is 2.52. The highest BCUT2D eigenvalue weighted by atomic mass is 16.5. The fourth-order valence-electron chi connectivity index (χ4n) is 2.12. The van der Waals surface area contributed by atoms with Gasteiger partial charge in [0.2, 0.25) is 0 Å². The number of aldehydes is 1. The second-order valence-electron chi connectivity index (χ2n) is 4.56. The molecule has 0 atom stereocenters. The van der Waals surface area contributed by atoms with E-state index in [9.17, 15) is 9.90 Å². The molecular weight excluding hydrogens is 220 g/mol. The van der Waals surface area contributed by atoms with Crippen LogP contribution >= 0.6 is 0 Å². The van der Waals surface area contributed by atoms with Crippen LogP contribution in [0.1, 0.15) is 35.2 Å². The molecule has 90 valence electrons. The van der Waals surface area contributed by atoms with Crippen LogP contribution in [0.25, 0.3) is 0 Å². The summed E-state index contributed by atoms with van der Waals surface area (Å²) >= 11 is 0. The van der Waals surface area contributed by atoms with Crippen molar-refractivity contribution in [2.75, 3.05) is 13.2 Å². The first kappa shape index (κ1) is 10.6. The number of rotatable bonds is 2. The minimum Gasteiger partial charge on any atom is -0.489 e. The van der Waals surface area contributed by atoms with Gasteiger partial charge in [-0.05, 0) is 18.9 Å². The minimum atomic E-state index is -0.779. The molecule has 1 aromatic rings. The summed E-state index contributed by atoms with van der Waals surface area (Å²) < 4.78 is 11.2. The number of carbonyl (C=O) groups is 1. The van der Waals surface area contributed by atoms with E-state index in [1.807, 2.05) is 0 Å². The Morgan fingerprint density at radius 1 is 1.18 bits per heavy atom. The lowest BCUT2D eigenvalue weighted by molar-refractivity contribution is 0.111. The van der Waals surface area contributed by atoms with E-state index < -0.39 is 5.60 Å². The lowest BCUT2D eigenvalue weighted by Gasteiger charge is -2.17. The highest BCUT2D eigenvalue weighted by Gasteiger charge is 2.45. The molecule has 0 radical (unpaired) electrons. The summed E-state index contributed by atoms with van der Waals surface area (Å²) in [6.07, 6.45) is 3.02. The van der Waals surface area contributed by atoms with Crippen molar-refractivity contribution in [3.8, 4) is 11.5 Å². The van der Waals surface area contributed by atoms with Gasteiger partial charge in [-0.1, -0.05) is 6.07 Å². The number of aliphatic hydroxyl groups is 1. The van der Waals surface area contributed by atoms with Gasteiger partial charge in [-0.15, -0.1) is 0 Å². The Hall–Kier alpha value is -1.55. The Kier molecular flexibility index (Phi) is 2.33. The molecule has 2 aliphatic rings. The summed E-state index contributed by atoms with van der Waals surface area (Å²) in [5.74, 6) is 1.03. The van der Waals surface area contributed by atoms with Crippen LogP contribution in [-0.2, 0) is 5.60 Å². The molecule has 1 aliphatic carbocycles. The van der Waals surface area contributed by atoms with Crippen molar-refractivity contribution in [2.24, 2.45) is 0 Å². The third-order valence-electron chi connectivity index (χ3n) is 3.28. The monoisotopic (exact) mass is 234 g/mol. The second kappa shape index (κ2) is 3.74. The molecule has 3 rings (SSSR count). The van der Waals surface area contributed by atoms with E-state index in [0.29, 0.717) is 30.3 Å². The maximum absolute atomic E-state index is 11.0. The molecule has 0 unspecified atom stereocenters. The summed E-state index contributed by atoms with van der Waals surface area (Å²) in [6, 6.07) is 3.45. The average Bonchev–Trinajstić information content (AvgIpc) is 3.11. The third kappa shape index (κ3) is 1.69. The van der Waals surface area contributed by atoms with Crippen molar-refractivity contribution < 1.29 is 19.4 Å². The maximum Gasteiger partial charge on any atom is 0.172 e. The first-order chi connectivity index (χ1) is 8.24. The normalized spacial score (nSPS) is 20.5. The molecule has 0 bridgehead atoms. The van der Waals surface area contributed by atoms with Crippen molar-refractivity contribution in [1.29, 1.82) is 0 Å². The highest BCUT2D eigenvalue weighted by molar-refractivity contribution is 5.82. The van der Waals surface area contributed by atoms with Crippen LogP contribution in [0.4, 0.5) is 0 Å². The lowest BCUT2D eigenvalue weighted by atomic mass is 10.0. The largest absolute Gasteiger partial charge is 0.489 e. The van der Waals surface area contributed by atoms with Crippen molar-refractivity contribution in [3.05, 3.63) is 23.3 Å². The summed E-state index contributed by atoms with van der Waals surface area (Å²) in [7, 11) is 0. The maximum atomic E-state index is 11.0. The van der Waals surface area contributed by atoms with Crippen molar-refractivity contribution >= 4 is 6.29 Å². The van der Waals surface area contributed by atoms with Gasteiger partial charge in [0, 0.05) is 12.0 Å². The zero-order valence-corrected chi connectivity index (χ0v) is 9.44. The van der Waals surface area contributed by atoms with Gasteiger partial charge in [0.05, 0.1) is 24.4 Å². The number of fused-ring (bicyclic) bond motifs is 1. The topological polar surface area (TPSA) is 55.8 Å². The smallest absolute Gasteiger partial charge is 0.172 e. The van der Waals surface area contributed by atoms with Gasteiger partial charge in [0.1, 0.15) is 0 Å². The zero-order chi connectivity index (χ0) is 11.9. The van der Waals surface area contributed by atoms with Crippen LogP contribution in [0.15, 0.2) is 12.1 Å². The fourth-order valence-corrected chi connectivity index (χ4v) is 2.12. The summed E-state index contributed by atoms with van der Waals surface area (Å²) in [5, 5.41) is 10.2. The van der Waals surface area contributed by atoms with Gasteiger partial charge in [0.25, 0.3) is 0 Å². The molecule has 0 amide bonds. The minimum absolute atomic E-state index is 0.481. The molecule has 17 heavy (non-hydrogen) atoms. The van der Waals surface area contributed by atoms with E-state index in [1.54, 1.807) is 12.1 Å². The molecule has 4 nitrogen and oxygen atoms in total. The lowest BCUT2D eigenvalue weighted by Crippen LogP contribution is -2.09. The molecule has 1 N–H and O–H groups in total. The van der Waals surface area contributed by atoms with Gasteiger partial charge < -0.3 is 14.6 Å². The first-order valence-corrected chi connectivity index (χ1v) is 5.85. The second-order valence-corrected chi connectivity index (χ2v) is 4.56. The van der Waals surface area contributed by atoms with Crippen molar-refractivity contribution in [3.63, 3.8) is 0 Å². The Labute approximate surface area is 99.2 Å². The van der Waals surface area contributed by atoms with Gasteiger partial charge >= 0.3 is 0 Å². The molecular formula is C13H14O4. The van der Waals surface area contributed by atoms with E-state index >= 15 is 0 Å². The molecule has 1 aliphatic heterocycles. The van der Waals surface area contributed by atoms with Crippen LogP contribution in [0.3, 0.4) is 0 Å². The fraction of sp³-hybridized carbons (Fsp3) is 0.462. The Morgan fingerprint density at radius 2 is 1.88 bits per heavy atom. The first-order valence-electron chi connectivity index (χ1n) is 5.85. The predicted molar refractivity (Wildman–Crippen MR) is 60.6 cm³/mol.